The van der Waals surface area contributed by atoms with Gasteiger partial charge in [0, 0.05) is 24.5 Å². The van der Waals surface area contributed by atoms with E-state index in [1.165, 1.54) is 61.9 Å². The van der Waals surface area contributed by atoms with Crippen molar-refractivity contribution in [1.29, 1.82) is 0 Å². The van der Waals surface area contributed by atoms with E-state index < -0.39 is 5.82 Å². The van der Waals surface area contributed by atoms with Gasteiger partial charge < -0.3 is 20.9 Å². The SMILES string of the molecule is Cc1cc(Nc2nc(N)n(-c3ncnc4ccc(F)cc34)n2)cnc1N1CCC(N2CCCC2)CC1. The third kappa shape index (κ3) is 4.30. The van der Waals surface area contributed by atoms with Gasteiger partial charge in [0.2, 0.25) is 11.9 Å². The van der Waals surface area contributed by atoms with Crippen molar-refractivity contribution in [3.8, 4) is 5.82 Å². The van der Waals surface area contributed by atoms with Crippen molar-refractivity contribution in [2.24, 2.45) is 0 Å². The highest BCUT2D eigenvalue weighted by molar-refractivity contribution is 5.85. The van der Waals surface area contributed by atoms with Gasteiger partial charge >= 0.3 is 0 Å². The predicted octanol–water partition coefficient (Wildman–Crippen LogP) is 3.44. The van der Waals surface area contributed by atoms with Crippen LogP contribution in [0.3, 0.4) is 0 Å². The van der Waals surface area contributed by atoms with E-state index in [9.17, 15) is 4.39 Å². The Balaban J connectivity index is 1.18. The summed E-state index contributed by atoms with van der Waals surface area (Å²) in [6, 6.07) is 7.05. The molecule has 36 heavy (non-hydrogen) atoms. The molecule has 3 aromatic heterocycles. The highest BCUT2D eigenvalue weighted by atomic mass is 19.1. The van der Waals surface area contributed by atoms with E-state index in [1.807, 2.05) is 6.07 Å². The maximum absolute atomic E-state index is 13.9. The molecule has 0 amide bonds. The van der Waals surface area contributed by atoms with Gasteiger partial charge in [-0.25, -0.2) is 19.3 Å². The standard InChI is InChI=1S/C25H29FN10/c1-16-12-18(14-28-22(16)35-10-6-19(7-11-35)34-8-2-3-9-34)31-25-32-24(27)36(33-25)23-20-13-17(26)4-5-21(20)29-15-30-23/h4-5,12-15,19H,2-3,6-11H2,1H3,(H3,27,31,32,33). The van der Waals surface area contributed by atoms with E-state index in [0.29, 0.717) is 28.7 Å². The highest BCUT2D eigenvalue weighted by Crippen LogP contribution is 2.28. The molecular formula is C25H29FN10. The Hall–Kier alpha value is -3.86. The van der Waals surface area contributed by atoms with Gasteiger partial charge in [-0.3, -0.25) is 0 Å². The Kier molecular flexibility index (Phi) is 5.84. The monoisotopic (exact) mass is 488 g/mol. The molecule has 6 rings (SSSR count). The minimum Gasteiger partial charge on any atom is -0.368 e. The topological polar surface area (TPSA) is 114 Å². The number of nitrogens with zero attached hydrogens (tertiary/aromatic N) is 8. The molecule has 4 aromatic rings. The summed E-state index contributed by atoms with van der Waals surface area (Å²) >= 11 is 0. The molecule has 1 aromatic carbocycles. The van der Waals surface area contributed by atoms with E-state index in [0.717, 1.165) is 30.2 Å². The average molecular weight is 489 g/mol. The van der Waals surface area contributed by atoms with Gasteiger partial charge in [0.25, 0.3) is 0 Å². The van der Waals surface area contributed by atoms with E-state index in [-0.39, 0.29) is 5.95 Å². The Morgan fingerprint density at radius 2 is 1.81 bits per heavy atom. The summed E-state index contributed by atoms with van der Waals surface area (Å²) in [4.78, 5) is 22.6. The van der Waals surface area contributed by atoms with Gasteiger partial charge in [-0.05, 0) is 75.5 Å². The highest BCUT2D eigenvalue weighted by Gasteiger charge is 2.27. The number of hydrogen-bond acceptors (Lipinski definition) is 9. The molecule has 0 atom stereocenters. The van der Waals surface area contributed by atoms with Crippen LogP contribution in [0.25, 0.3) is 16.7 Å². The van der Waals surface area contributed by atoms with Crippen LogP contribution in [0, 0.1) is 12.7 Å². The van der Waals surface area contributed by atoms with Crippen LogP contribution < -0.4 is 16.0 Å². The Bertz CT molecular complexity index is 1390. The molecular weight excluding hydrogens is 459 g/mol. The molecule has 2 saturated heterocycles. The zero-order chi connectivity index (χ0) is 24.6. The number of nitrogens with one attached hydrogen (secondary N) is 1. The lowest BCUT2D eigenvalue weighted by molar-refractivity contribution is 0.207. The fourth-order valence-corrected chi connectivity index (χ4v) is 5.36. The molecule has 0 saturated carbocycles. The molecule has 0 bridgehead atoms. The molecule has 0 radical (unpaired) electrons. The zero-order valence-electron chi connectivity index (χ0n) is 20.2. The normalized spacial score (nSPS) is 17.2. The summed E-state index contributed by atoms with van der Waals surface area (Å²) < 4.78 is 15.2. The molecule has 3 N–H and O–H groups in total. The second kappa shape index (κ2) is 9.30. The molecule has 2 aliphatic heterocycles. The largest absolute Gasteiger partial charge is 0.368 e. The number of pyridine rings is 1. The summed E-state index contributed by atoms with van der Waals surface area (Å²) in [5.74, 6) is 1.42. The van der Waals surface area contributed by atoms with Crippen LogP contribution in [0.2, 0.25) is 0 Å². The molecule has 2 fully saturated rings. The minimum atomic E-state index is -0.391. The van der Waals surface area contributed by atoms with Crippen molar-refractivity contribution in [3.63, 3.8) is 0 Å². The number of nitrogen functional groups attached to an aromatic ring is 1. The van der Waals surface area contributed by atoms with Crippen molar-refractivity contribution in [3.05, 3.63) is 48.2 Å². The average Bonchev–Trinajstić information content (AvgIpc) is 3.54. The number of rotatable bonds is 5. The molecule has 0 spiro atoms. The van der Waals surface area contributed by atoms with Crippen LogP contribution in [-0.4, -0.2) is 66.8 Å². The van der Waals surface area contributed by atoms with Gasteiger partial charge in [0.05, 0.1) is 17.4 Å². The molecule has 10 nitrogen and oxygen atoms in total. The van der Waals surface area contributed by atoms with Gasteiger partial charge in [0.1, 0.15) is 18.0 Å². The first-order valence-corrected chi connectivity index (χ1v) is 12.4. The maximum Gasteiger partial charge on any atom is 0.248 e. The predicted molar refractivity (Wildman–Crippen MR) is 137 cm³/mol. The van der Waals surface area contributed by atoms with Crippen LogP contribution in [0.1, 0.15) is 31.2 Å². The third-order valence-electron chi connectivity index (χ3n) is 7.14. The molecule has 0 aliphatic carbocycles. The van der Waals surface area contributed by atoms with Gasteiger partial charge in [-0.1, -0.05) is 0 Å². The number of aryl methyl sites for hydroxylation is 1. The number of likely N-dealkylation sites (tertiary alicyclic amines) is 1. The summed E-state index contributed by atoms with van der Waals surface area (Å²) in [5.41, 5.74) is 8.57. The van der Waals surface area contributed by atoms with Crippen molar-refractivity contribution in [2.75, 3.05) is 42.1 Å². The first-order valence-electron chi connectivity index (χ1n) is 12.4. The number of fused-ring (bicyclic) bond motifs is 1. The molecule has 5 heterocycles. The molecule has 11 heteroatoms. The minimum absolute atomic E-state index is 0.129. The maximum atomic E-state index is 13.9. The van der Waals surface area contributed by atoms with E-state index in [4.69, 9.17) is 10.7 Å². The fraction of sp³-hybridized carbons (Fsp3) is 0.400. The van der Waals surface area contributed by atoms with Crippen LogP contribution in [-0.2, 0) is 0 Å². The zero-order valence-corrected chi connectivity index (χ0v) is 20.2. The lowest BCUT2D eigenvalue weighted by Gasteiger charge is -2.37. The van der Waals surface area contributed by atoms with Gasteiger partial charge in [0.15, 0.2) is 5.82 Å². The lowest BCUT2D eigenvalue weighted by atomic mass is 10.0. The Labute approximate surface area is 208 Å². The quantitative estimate of drug-likeness (QED) is 0.436. The number of anilines is 4. The van der Waals surface area contributed by atoms with Crippen LogP contribution in [0.5, 0.6) is 0 Å². The number of nitrogens with two attached hydrogens (primary N) is 1. The third-order valence-corrected chi connectivity index (χ3v) is 7.14. The van der Waals surface area contributed by atoms with Crippen molar-refractivity contribution in [2.45, 2.75) is 38.6 Å². The van der Waals surface area contributed by atoms with E-state index in [1.54, 1.807) is 12.3 Å². The first kappa shape index (κ1) is 22.6. The lowest BCUT2D eigenvalue weighted by Crippen LogP contribution is -2.44. The molecule has 186 valence electrons. The second-order valence-corrected chi connectivity index (χ2v) is 9.51. The summed E-state index contributed by atoms with van der Waals surface area (Å²) in [7, 11) is 0. The number of benzene rings is 1. The molecule has 0 unspecified atom stereocenters. The summed E-state index contributed by atoms with van der Waals surface area (Å²) in [6.45, 7) is 6.62. The number of aromatic nitrogens is 6. The van der Waals surface area contributed by atoms with Gasteiger partial charge in [-0.2, -0.15) is 9.67 Å². The molecule has 2 aliphatic rings. The van der Waals surface area contributed by atoms with Crippen molar-refractivity contribution in [1.82, 2.24) is 34.6 Å². The van der Waals surface area contributed by atoms with Crippen LogP contribution in [0.15, 0.2) is 36.8 Å². The van der Waals surface area contributed by atoms with Crippen LogP contribution in [0.4, 0.5) is 27.8 Å². The summed E-state index contributed by atoms with van der Waals surface area (Å²) in [6.07, 6.45) is 8.22. The number of halogens is 1. The van der Waals surface area contributed by atoms with E-state index >= 15 is 0 Å². The number of hydrogen-bond donors (Lipinski definition) is 2. The summed E-state index contributed by atoms with van der Waals surface area (Å²) in [5, 5.41) is 8.13. The van der Waals surface area contributed by atoms with Crippen LogP contribution >= 0.6 is 0 Å². The fourth-order valence-electron chi connectivity index (χ4n) is 5.36. The van der Waals surface area contributed by atoms with E-state index in [2.05, 4.69) is 42.1 Å². The smallest absolute Gasteiger partial charge is 0.248 e. The van der Waals surface area contributed by atoms with Gasteiger partial charge in [-0.15, -0.1) is 5.10 Å². The second-order valence-electron chi connectivity index (χ2n) is 9.51. The number of piperidine rings is 1. The Morgan fingerprint density at radius 3 is 2.58 bits per heavy atom. The van der Waals surface area contributed by atoms with Crippen molar-refractivity contribution >= 4 is 34.3 Å². The first-order chi connectivity index (χ1) is 17.5. The Morgan fingerprint density at radius 1 is 1.00 bits per heavy atom. The van der Waals surface area contributed by atoms with Crippen molar-refractivity contribution < 1.29 is 4.39 Å².